The number of benzene rings is 2. The lowest BCUT2D eigenvalue weighted by Crippen LogP contribution is -2.50. The van der Waals surface area contributed by atoms with Crippen molar-refractivity contribution in [1.29, 1.82) is 0 Å². The molecule has 0 bridgehead atoms. The molecule has 10 heteroatoms. The van der Waals surface area contributed by atoms with Gasteiger partial charge in [0.25, 0.3) is 5.91 Å². The SMILES string of the molecule is CC(Nc1ncnc2cc(C(=O)N3CCCCC3CN(C)C3CCCCC3)c(Cl)cc12)c1nc2ccc(Cl)cc2[nH]1. The summed E-state index contributed by atoms with van der Waals surface area (Å²) in [7, 11) is 2.23. The van der Waals surface area contributed by atoms with Crippen molar-refractivity contribution in [3.63, 3.8) is 0 Å². The first-order valence-electron chi connectivity index (χ1n) is 14.7. The number of rotatable bonds is 7. The third kappa shape index (κ3) is 6.01. The Bertz CT molecular complexity index is 1550. The predicted molar refractivity (Wildman–Crippen MR) is 166 cm³/mol. The number of H-pyrrole nitrogens is 1. The molecule has 1 amide bonds. The quantitative estimate of drug-likeness (QED) is 0.234. The van der Waals surface area contributed by atoms with E-state index in [0.29, 0.717) is 33.0 Å². The maximum atomic E-state index is 13.9. The molecule has 8 nitrogen and oxygen atoms in total. The molecule has 2 aromatic heterocycles. The van der Waals surface area contributed by atoms with E-state index in [1.807, 2.05) is 42.2 Å². The Labute approximate surface area is 250 Å². The van der Waals surface area contributed by atoms with E-state index in [0.717, 1.165) is 54.6 Å². The van der Waals surface area contributed by atoms with Gasteiger partial charge in [0.05, 0.1) is 33.2 Å². The van der Waals surface area contributed by atoms with E-state index in [4.69, 9.17) is 28.2 Å². The molecule has 0 spiro atoms. The van der Waals surface area contributed by atoms with Crippen LogP contribution in [0.25, 0.3) is 21.9 Å². The van der Waals surface area contributed by atoms with Crippen LogP contribution in [-0.2, 0) is 0 Å². The molecule has 1 saturated heterocycles. The molecule has 41 heavy (non-hydrogen) atoms. The number of aromatic amines is 1. The number of fused-ring (bicyclic) bond motifs is 2. The highest BCUT2D eigenvalue weighted by Gasteiger charge is 2.31. The minimum atomic E-state index is -0.172. The van der Waals surface area contributed by atoms with Crippen LogP contribution in [0, 0.1) is 0 Å². The molecule has 6 rings (SSSR count). The fourth-order valence-electron chi connectivity index (χ4n) is 6.45. The number of amides is 1. The average molecular weight is 595 g/mol. The topological polar surface area (TPSA) is 90.0 Å². The molecule has 2 unspecified atom stereocenters. The van der Waals surface area contributed by atoms with Gasteiger partial charge in [-0.1, -0.05) is 42.5 Å². The minimum Gasteiger partial charge on any atom is -0.360 e. The Kier molecular flexibility index (Phi) is 8.33. The van der Waals surface area contributed by atoms with Gasteiger partial charge in [0.15, 0.2) is 0 Å². The van der Waals surface area contributed by atoms with Crippen LogP contribution in [-0.4, -0.2) is 67.9 Å². The number of likely N-dealkylation sites (tertiary alicyclic amines) is 1. The van der Waals surface area contributed by atoms with E-state index >= 15 is 0 Å². The number of carbonyl (C=O) groups excluding carboxylic acids is 1. The number of anilines is 1. The van der Waals surface area contributed by atoms with Crippen molar-refractivity contribution in [2.24, 2.45) is 0 Å². The Hall–Kier alpha value is -2.94. The zero-order valence-electron chi connectivity index (χ0n) is 23.7. The summed E-state index contributed by atoms with van der Waals surface area (Å²) in [4.78, 5) is 35.5. The number of imidazole rings is 1. The lowest BCUT2D eigenvalue weighted by Gasteiger charge is -2.40. The first kappa shape index (κ1) is 28.2. The van der Waals surface area contributed by atoms with Gasteiger partial charge in [0.2, 0.25) is 0 Å². The van der Waals surface area contributed by atoms with Crippen molar-refractivity contribution >= 4 is 56.9 Å². The number of nitrogens with one attached hydrogen (secondary N) is 2. The number of likely N-dealkylation sites (N-methyl/N-ethyl adjacent to an activating group) is 1. The first-order valence-corrected chi connectivity index (χ1v) is 15.5. The Morgan fingerprint density at radius 3 is 2.71 bits per heavy atom. The van der Waals surface area contributed by atoms with E-state index < -0.39 is 0 Å². The number of halogens is 2. The standard InChI is InChI=1S/C31H37Cl2N7O/c1-19(29-37-26-12-11-20(32)14-28(26)38-29)36-30-24-15-25(33)23(16-27(24)34-18-35-30)31(41)40-13-7-6-10-22(40)17-39(2)21-8-4-3-5-9-21/h11-12,14-16,18-19,21-22H,3-10,13,17H2,1-2H3,(H,37,38)(H,34,35,36). The van der Waals surface area contributed by atoms with Gasteiger partial charge in [-0.05, 0) is 76.4 Å². The zero-order valence-corrected chi connectivity index (χ0v) is 25.2. The third-order valence-electron chi connectivity index (χ3n) is 8.76. The van der Waals surface area contributed by atoms with Crippen LogP contribution >= 0.6 is 23.2 Å². The molecule has 1 aliphatic carbocycles. The summed E-state index contributed by atoms with van der Waals surface area (Å²) >= 11 is 13.0. The van der Waals surface area contributed by atoms with Gasteiger partial charge in [0.1, 0.15) is 18.0 Å². The van der Waals surface area contributed by atoms with Crippen LogP contribution in [0.5, 0.6) is 0 Å². The highest BCUT2D eigenvalue weighted by atomic mass is 35.5. The van der Waals surface area contributed by atoms with Crippen molar-refractivity contribution in [3.8, 4) is 0 Å². The highest BCUT2D eigenvalue weighted by Crippen LogP contribution is 2.32. The van der Waals surface area contributed by atoms with E-state index in [1.54, 1.807) is 0 Å². The number of hydrogen-bond acceptors (Lipinski definition) is 6. The average Bonchev–Trinajstić information content (AvgIpc) is 3.41. The van der Waals surface area contributed by atoms with Crippen molar-refractivity contribution in [2.75, 3.05) is 25.5 Å². The summed E-state index contributed by atoms with van der Waals surface area (Å²) in [6, 6.07) is 9.85. The molecular weight excluding hydrogens is 557 g/mol. The zero-order chi connectivity index (χ0) is 28.5. The fourth-order valence-corrected chi connectivity index (χ4v) is 6.87. The summed E-state index contributed by atoms with van der Waals surface area (Å²) < 4.78 is 0. The summed E-state index contributed by atoms with van der Waals surface area (Å²) in [6.07, 6.45) is 11.2. The van der Waals surface area contributed by atoms with Crippen LogP contribution in [0.15, 0.2) is 36.7 Å². The number of nitrogens with zero attached hydrogens (tertiary/aromatic N) is 5. The fraction of sp³-hybridized carbons (Fsp3) is 0.484. The van der Waals surface area contributed by atoms with Gasteiger partial charge < -0.3 is 20.1 Å². The van der Waals surface area contributed by atoms with Gasteiger partial charge in [-0.3, -0.25) is 4.79 Å². The lowest BCUT2D eigenvalue weighted by molar-refractivity contribution is 0.0514. The predicted octanol–water partition coefficient (Wildman–Crippen LogP) is 7.25. The molecule has 2 N–H and O–H groups in total. The maximum Gasteiger partial charge on any atom is 0.255 e. The molecule has 1 saturated carbocycles. The van der Waals surface area contributed by atoms with Crippen LogP contribution in [0.1, 0.15) is 80.5 Å². The molecule has 216 valence electrons. The second-order valence-electron chi connectivity index (χ2n) is 11.6. The lowest BCUT2D eigenvalue weighted by atomic mass is 9.93. The van der Waals surface area contributed by atoms with Crippen molar-refractivity contribution in [3.05, 3.63) is 58.1 Å². The van der Waals surface area contributed by atoms with E-state index in [1.165, 1.54) is 38.4 Å². The minimum absolute atomic E-state index is 0.0129. The van der Waals surface area contributed by atoms with E-state index in [2.05, 4.69) is 32.2 Å². The van der Waals surface area contributed by atoms with E-state index in [-0.39, 0.29) is 18.0 Å². The molecule has 1 aliphatic heterocycles. The Morgan fingerprint density at radius 2 is 1.88 bits per heavy atom. The maximum absolute atomic E-state index is 13.9. The number of piperidine rings is 1. The summed E-state index contributed by atoms with van der Waals surface area (Å²) in [5.41, 5.74) is 2.89. The smallest absolute Gasteiger partial charge is 0.255 e. The molecule has 4 aromatic rings. The molecule has 3 heterocycles. The molecule has 2 aliphatic rings. The van der Waals surface area contributed by atoms with Crippen LogP contribution in [0.4, 0.5) is 5.82 Å². The van der Waals surface area contributed by atoms with Crippen LogP contribution in [0.3, 0.4) is 0 Å². The molecule has 2 aromatic carbocycles. The molecular formula is C31H37Cl2N7O. The second kappa shape index (κ2) is 12.1. The second-order valence-corrected chi connectivity index (χ2v) is 12.4. The van der Waals surface area contributed by atoms with Gasteiger partial charge in [0, 0.05) is 35.6 Å². The largest absolute Gasteiger partial charge is 0.360 e. The third-order valence-corrected chi connectivity index (χ3v) is 9.31. The monoisotopic (exact) mass is 593 g/mol. The van der Waals surface area contributed by atoms with Gasteiger partial charge in [-0.2, -0.15) is 0 Å². The van der Waals surface area contributed by atoms with Crippen molar-refractivity contribution < 1.29 is 4.79 Å². The van der Waals surface area contributed by atoms with Crippen LogP contribution in [0.2, 0.25) is 10.0 Å². The van der Waals surface area contributed by atoms with Crippen LogP contribution < -0.4 is 5.32 Å². The van der Waals surface area contributed by atoms with Gasteiger partial charge in [-0.25, -0.2) is 15.0 Å². The normalized spacial score (nSPS) is 19.2. The molecule has 2 atom stereocenters. The van der Waals surface area contributed by atoms with Crippen molar-refractivity contribution in [2.45, 2.75) is 76.4 Å². The Balaban J connectivity index is 1.22. The van der Waals surface area contributed by atoms with Crippen molar-refractivity contribution in [1.82, 2.24) is 29.7 Å². The summed E-state index contributed by atoms with van der Waals surface area (Å²) in [6.45, 7) is 3.67. The van der Waals surface area contributed by atoms with Gasteiger partial charge in [-0.15, -0.1) is 0 Å². The summed E-state index contributed by atoms with van der Waals surface area (Å²) in [5.74, 6) is 1.38. The van der Waals surface area contributed by atoms with E-state index in [9.17, 15) is 4.79 Å². The molecule has 2 fully saturated rings. The molecule has 0 radical (unpaired) electrons. The first-order chi connectivity index (χ1) is 19.9. The highest BCUT2D eigenvalue weighted by molar-refractivity contribution is 6.35. The van der Waals surface area contributed by atoms with Gasteiger partial charge >= 0.3 is 0 Å². The Morgan fingerprint density at radius 1 is 1.07 bits per heavy atom. The number of carbonyl (C=O) groups is 1. The summed E-state index contributed by atoms with van der Waals surface area (Å²) in [5, 5.41) is 5.26. The number of aromatic nitrogens is 4. The number of hydrogen-bond donors (Lipinski definition) is 2.